The van der Waals surface area contributed by atoms with E-state index in [0.29, 0.717) is 37.8 Å². The van der Waals surface area contributed by atoms with Crippen LogP contribution in [0, 0.1) is 0 Å². The Morgan fingerprint density at radius 1 is 1.23 bits per heavy atom. The predicted octanol–water partition coefficient (Wildman–Crippen LogP) is 2.91. The highest BCUT2D eigenvalue weighted by molar-refractivity contribution is 5.75. The molecule has 8 nitrogen and oxygen atoms in total. The summed E-state index contributed by atoms with van der Waals surface area (Å²) in [7, 11) is 0. The van der Waals surface area contributed by atoms with Gasteiger partial charge in [0.2, 0.25) is 5.79 Å². The first kappa shape index (κ1) is 19.3. The third kappa shape index (κ3) is 3.40. The highest BCUT2D eigenvalue weighted by Gasteiger charge is 2.52. The van der Waals surface area contributed by atoms with E-state index < -0.39 is 5.79 Å². The second kappa shape index (κ2) is 7.86. The van der Waals surface area contributed by atoms with Gasteiger partial charge < -0.3 is 29.6 Å². The van der Waals surface area contributed by atoms with E-state index >= 15 is 0 Å². The Balaban J connectivity index is 1.39. The standard InChI is InChI=1S/C22H26N4O4/c1-2-14-11-17-20(25-19(14)23-12-15-5-3-4-6-16(15)13-27)26-21(24-17)30-22-8-10-28-18(22)7-9-29-22/h3-6,11,18,27H,2,7-10,12-13H2,1H3,(H2,23,24,25,26)/t18-,22+/m1/s1. The largest absolute Gasteiger partial charge is 0.429 e. The van der Waals surface area contributed by atoms with E-state index in [-0.39, 0.29) is 12.7 Å². The van der Waals surface area contributed by atoms with Crippen LogP contribution in [0.3, 0.4) is 0 Å². The fourth-order valence-electron chi connectivity index (χ4n) is 4.24. The lowest BCUT2D eigenvalue weighted by Gasteiger charge is -2.25. The number of fused-ring (bicyclic) bond motifs is 2. The molecular formula is C22H26N4O4. The van der Waals surface area contributed by atoms with Gasteiger partial charge in [0, 0.05) is 19.4 Å². The summed E-state index contributed by atoms with van der Waals surface area (Å²) < 4.78 is 17.8. The number of benzene rings is 1. The molecule has 8 heteroatoms. The summed E-state index contributed by atoms with van der Waals surface area (Å²) in [5.41, 5.74) is 4.44. The summed E-state index contributed by atoms with van der Waals surface area (Å²) in [5.74, 6) is 0.0458. The average molecular weight is 410 g/mol. The van der Waals surface area contributed by atoms with E-state index in [1.807, 2.05) is 24.3 Å². The molecule has 0 amide bonds. The third-order valence-electron chi connectivity index (χ3n) is 5.90. The van der Waals surface area contributed by atoms with Gasteiger partial charge in [0.25, 0.3) is 6.01 Å². The van der Waals surface area contributed by atoms with Crippen LogP contribution < -0.4 is 10.1 Å². The number of aryl methyl sites for hydroxylation is 1. The van der Waals surface area contributed by atoms with Crippen molar-refractivity contribution in [3.05, 3.63) is 47.0 Å². The van der Waals surface area contributed by atoms with E-state index in [4.69, 9.17) is 19.2 Å². The molecule has 2 aliphatic heterocycles. The molecule has 2 saturated heterocycles. The molecule has 0 unspecified atom stereocenters. The van der Waals surface area contributed by atoms with Crippen molar-refractivity contribution in [3.8, 4) is 6.01 Å². The molecule has 0 bridgehead atoms. The van der Waals surface area contributed by atoms with E-state index in [1.54, 1.807) is 0 Å². The Kier molecular flexibility index (Phi) is 5.06. The highest BCUT2D eigenvalue weighted by Crippen LogP contribution is 2.38. The number of imidazole rings is 1. The molecule has 3 N–H and O–H groups in total. The Labute approximate surface area is 174 Å². The van der Waals surface area contributed by atoms with Crippen LogP contribution >= 0.6 is 0 Å². The Hall–Kier alpha value is -2.68. The molecule has 2 fully saturated rings. The van der Waals surface area contributed by atoms with Crippen LogP contribution in [-0.2, 0) is 29.0 Å². The average Bonchev–Trinajstić information content (AvgIpc) is 3.44. The number of aromatic nitrogens is 3. The van der Waals surface area contributed by atoms with Gasteiger partial charge in [-0.1, -0.05) is 31.2 Å². The number of ether oxygens (including phenoxy) is 3. The lowest BCUT2D eigenvalue weighted by Crippen LogP contribution is -2.41. The fraction of sp³-hybridized carbons (Fsp3) is 0.455. The molecule has 2 aliphatic rings. The predicted molar refractivity (Wildman–Crippen MR) is 111 cm³/mol. The first-order chi connectivity index (χ1) is 14.7. The molecule has 30 heavy (non-hydrogen) atoms. The second-order valence-corrected chi connectivity index (χ2v) is 7.70. The Morgan fingerprint density at radius 2 is 2.10 bits per heavy atom. The Bertz CT molecular complexity index is 1040. The topological polar surface area (TPSA) is 102 Å². The molecule has 4 heterocycles. The lowest BCUT2D eigenvalue weighted by molar-refractivity contribution is -0.167. The highest BCUT2D eigenvalue weighted by atomic mass is 16.7. The van der Waals surface area contributed by atoms with Crippen molar-refractivity contribution in [2.24, 2.45) is 0 Å². The van der Waals surface area contributed by atoms with Crippen molar-refractivity contribution < 1.29 is 19.3 Å². The van der Waals surface area contributed by atoms with Gasteiger partial charge in [0.1, 0.15) is 11.9 Å². The molecule has 2 aromatic heterocycles. The molecule has 1 aromatic carbocycles. The van der Waals surface area contributed by atoms with Gasteiger partial charge in [0.15, 0.2) is 5.65 Å². The van der Waals surface area contributed by atoms with E-state index in [1.165, 1.54) is 0 Å². The molecule has 0 saturated carbocycles. The minimum absolute atomic E-state index is 0.0134. The Morgan fingerprint density at radius 3 is 2.93 bits per heavy atom. The molecule has 158 valence electrons. The maximum Gasteiger partial charge on any atom is 0.298 e. The van der Waals surface area contributed by atoms with Gasteiger partial charge >= 0.3 is 0 Å². The molecule has 5 rings (SSSR count). The zero-order chi connectivity index (χ0) is 20.6. The van der Waals surface area contributed by atoms with Gasteiger partial charge in [-0.2, -0.15) is 4.98 Å². The van der Waals surface area contributed by atoms with Crippen LogP contribution in [0.2, 0.25) is 0 Å². The SMILES string of the molecule is CCc1cc2[nH]c(O[C@@]34CCO[C@@H]3CCO4)nc2nc1NCc1ccccc1CO. The minimum atomic E-state index is -0.740. The zero-order valence-corrected chi connectivity index (χ0v) is 17.0. The molecule has 0 aliphatic carbocycles. The number of rotatable bonds is 7. The van der Waals surface area contributed by atoms with Gasteiger partial charge in [-0.25, -0.2) is 4.98 Å². The number of aliphatic hydroxyl groups is 1. The molecule has 3 aromatic rings. The maximum absolute atomic E-state index is 9.55. The van der Waals surface area contributed by atoms with Crippen LogP contribution in [-0.4, -0.2) is 45.2 Å². The van der Waals surface area contributed by atoms with Gasteiger partial charge in [-0.05, 0) is 29.2 Å². The van der Waals surface area contributed by atoms with Crippen LogP contribution in [0.1, 0.15) is 36.5 Å². The molecular weight excluding hydrogens is 384 g/mol. The quantitative estimate of drug-likeness (QED) is 0.550. The van der Waals surface area contributed by atoms with Crippen molar-refractivity contribution in [1.82, 2.24) is 15.0 Å². The first-order valence-corrected chi connectivity index (χ1v) is 10.5. The molecule has 0 spiro atoms. The summed E-state index contributed by atoms with van der Waals surface area (Å²) in [4.78, 5) is 12.5. The van der Waals surface area contributed by atoms with E-state index in [2.05, 4.69) is 28.3 Å². The number of anilines is 1. The monoisotopic (exact) mass is 410 g/mol. The van der Waals surface area contributed by atoms with Crippen LogP contribution in [0.4, 0.5) is 5.82 Å². The van der Waals surface area contributed by atoms with Gasteiger partial charge in [-0.15, -0.1) is 0 Å². The number of nitrogens with one attached hydrogen (secondary N) is 2. The summed E-state index contributed by atoms with van der Waals surface area (Å²) in [6, 6.07) is 10.3. The number of H-pyrrole nitrogens is 1. The number of pyridine rings is 1. The minimum Gasteiger partial charge on any atom is -0.429 e. The summed E-state index contributed by atoms with van der Waals surface area (Å²) >= 11 is 0. The zero-order valence-electron chi connectivity index (χ0n) is 17.0. The number of nitrogens with zero attached hydrogens (tertiary/aromatic N) is 2. The molecule has 2 atom stereocenters. The summed E-state index contributed by atoms with van der Waals surface area (Å²) in [5, 5.41) is 13.0. The van der Waals surface area contributed by atoms with Crippen molar-refractivity contribution >= 4 is 17.0 Å². The number of aromatic amines is 1. The van der Waals surface area contributed by atoms with Crippen LogP contribution in [0.5, 0.6) is 6.01 Å². The molecule has 0 radical (unpaired) electrons. The van der Waals surface area contributed by atoms with E-state index in [0.717, 1.165) is 40.9 Å². The second-order valence-electron chi connectivity index (χ2n) is 7.70. The van der Waals surface area contributed by atoms with Crippen LogP contribution in [0.15, 0.2) is 30.3 Å². The maximum atomic E-state index is 9.55. The van der Waals surface area contributed by atoms with Gasteiger partial charge in [0.05, 0.1) is 25.3 Å². The van der Waals surface area contributed by atoms with Crippen molar-refractivity contribution in [3.63, 3.8) is 0 Å². The smallest absolute Gasteiger partial charge is 0.298 e. The van der Waals surface area contributed by atoms with Gasteiger partial charge in [-0.3, -0.25) is 0 Å². The third-order valence-corrected chi connectivity index (χ3v) is 5.90. The number of aliphatic hydroxyl groups excluding tert-OH is 1. The summed E-state index contributed by atoms with van der Waals surface area (Å²) in [6.45, 7) is 3.94. The lowest BCUT2D eigenvalue weighted by atomic mass is 10.1. The number of hydrogen-bond donors (Lipinski definition) is 3. The number of hydrogen-bond acceptors (Lipinski definition) is 7. The van der Waals surface area contributed by atoms with Crippen molar-refractivity contribution in [2.45, 2.75) is 51.2 Å². The van der Waals surface area contributed by atoms with Crippen molar-refractivity contribution in [2.75, 3.05) is 18.5 Å². The van der Waals surface area contributed by atoms with Crippen molar-refractivity contribution in [1.29, 1.82) is 0 Å². The normalized spacial score (nSPS) is 23.1. The fourth-order valence-corrected chi connectivity index (χ4v) is 4.24. The first-order valence-electron chi connectivity index (χ1n) is 10.5. The van der Waals surface area contributed by atoms with E-state index in [9.17, 15) is 5.11 Å². The summed E-state index contributed by atoms with van der Waals surface area (Å²) in [6.07, 6.45) is 2.31. The van der Waals surface area contributed by atoms with Crippen LogP contribution in [0.25, 0.3) is 11.2 Å².